The van der Waals surface area contributed by atoms with Crippen molar-refractivity contribution in [1.29, 1.82) is 0 Å². The zero-order chi connectivity index (χ0) is 13.1. The van der Waals surface area contributed by atoms with Gasteiger partial charge in [0.25, 0.3) is 0 Å². The highest BCUT2D eigenvalue weighted by Crippen LogP contribution is 2.26. The van der Waals surface area contributed by atoms with Gasteiger partial charge < -0.3 is 10.2 Å². The van der Waals surface area contributed by atoms with Crippen molar-refractivity contribution in [1.82, 2.24) is 0 Å². The first-order valence-corrected chi connectivity index (χ1v) is 7.05. The minimum absolute atomic E-state index is 0.0225. The fraction of sp³-hybridized carbons (Fsp3) is 0.500. The lowest BCUT2D eigenvalue weighted by Gasteiger charge is -2.23. The van der Waals surface area contributed by atoms with Crippen molar-refractivity contribution in [3.05, 3.63) is 24.3 Å². The average Bonchev–Trinajstić information content (AvgIpc) is 2.16. The van der Waals surface area contributed by atoms with Crippen molar-refractivity contribution in [2.45, 2.75) is 25.2 Å². The van der Waals surface area contributed by atoms with Crippen LogP contribution in [-0.2, 0) is 9.84 Å². The third-order valence-corrected chi connectivity index (χ3v) is 4.72. The fourth-order valence-electron chi connectivity index (χ4n) is 1.63. The maximum atomic E-state index is 12.1. The monoisotopic (exact) mass is 258 g/mol. The molecule has 0 bridgehead atoms. The lowest BCUT2D eigenvalue weighted by atomic mass is 9.93. The summed E-state index contributed by atoms with van der Waals surface area (Å²) >= 11 is 0. The first-order valence-electron chi connectivity index (χ1n) is 5.39. The molecule has 0 heterocycles. The normalized spacial score (nSPS) is 12.6. The molecule has 0 saturated carbocycles. The van der Waals surface area contributed by atoms with Crippen LogP contribution < -0.4 is 0 Å². The number of phenolic OH excluding ortho intramolecular Hbond substituents is 1. The Bertz CT molecular complexity index is 460. The van der Waals surface area contributed by atoms with Crippen LogP contribution in [0.2, 0.25) is 0 Å². The van der Waals surface area contributed by atoms with Crippen LogP contribution in [0.25, 0.3) is 0 Å². The molecule has 0 unspecified atom stereocenters. The topological polar surface area (TPSA) is 74.6 Å². The van der Waals surface area contributed by atoms with Crippen molar-refractivity contribution in [3.8, 4) is 5.75 Å². The molecule has 0 atom stereocenters. The Morgan fingerprint density at radius 1 is 1.18 bits per heavy atom. The molecule has 96 valence electrons. The second kappa shape index (κ2) is 5.06. The predicted molar refractivity (Wildman–Crippen MR) is 65.6 cm³/mol. The van der Waals surface area contributed by atoms with Crippen LogP contribution in [0.4, 0.5) is 0 Å². The highest BCUT2D eigenvalue weighted by atomic mass is 32.2. The molecule has 0 radical (unpaired) electrons. The number of hydrogen-bond acceptors (Lipinski definition) is 4. The van der Waals surface area contributed by atoms with Crippen LogP contribution in [0, 0.1) is 5.41 Å². The maximum absolute atomic E-state index is 12.1. The second-order valence-electron chi connectivity index (χ2n) is 4.89. The van der Waals surface area contributed by atoms with Crippen molar-refractivity contribution < 1.29 is 18.6 Å². The van der Waals surface area contributed by atoms with Crippen molar-refractivity contribution in [2.75, 3.05) is 12.4 Å². The molecule has 0 aliphatic rings. The summed E-state index contributed by atoms with van der Waals surface area (Å²) in [6.45, 7) is 3.58. The molecule has 17 heavy (non-hydrogen) atoms. The number of rotatable bonds is 5. The molecule has 1 rings (SSSR count). The van der Waals surface area contributed by atoms with Crippen molar-refractivity contribution in [2.24, 2.45) is 5.41 Å². The molecule has 2 N–H and O–H groups in total. The summed E-state index contributed by atoms with van der Waals surface area (Å²) in [6, 6.07) is 5.48. The number of sulfone groups is 1. The van der Waals surface area contributed by atoms with Crippen molar-refractivity contribution in [3.63, 3.8) is 0 Å². The Morgan fingerprint density at radius 3 is 2.18 bits per heavy atom. The van der Waals surface area contributed by atoms with E-state index in [1.165, 1.54) is 24.3 Å². The molecule has 0 aliphatic carbocycles. The molecule has 0 saturated heterocycles. The van der Waals surface area contributed by atoms with E-state index >= 15 is 0 Å². The Kier molecular flexibility index (Phi) is 4.16. The Hall–Kier alpha value is -1.07. The summed E-state index contributed by atoms with van der Waals surface area (Å²) in [7, 11) is -3.38. The summed E-state index contributed by atoms with van der Waals surface area (Å²) in [5.74, 6) is 0.0179. The number of benzene rings is 1. The van der Waals surface area contributed by atoms with Crippen LogP contribution >= 0.6 is 0 Å². The average molecular weight is 258 g/mol. The van der Waals surface area contributed by atoms with Gasteiger partial charge in [-0.1, -0.05) is 13.8 Å². The van der Waals surface area contributed by atoms with Crippen LogP contribution in [-0.4, -0.2) is 31.0 Å². The van der Waals surface area contributed by atoms with Crippen molar-refractivity contribution >= 4 is 9.84 Å². The number of phenols is 1. The molecule has 0 spiro atoms. The summed E-state index contributed by atoms with van der Waals surface area (Å²) in [4.78, 5) is 0.196. The fourth-order valence-corrected chi connectivity index (χ4v) is 3.52. The highest BCUT2D eigenvalue weighted by Gasteiger charge is 2.27. The zero-order valence-electron chi connectivity index (χ0n) is 10.0. The van der Waals surface area contributed by atoms with Gasteiger partial charge in [0, 0.05) is 6.61 Å². The van der Waals surface area contributed by atoms with Gasteiger partial charge in [-0.3, -0.25) is 0 Å². The maximum Gasteiger partial charge on any atom is 0.178 e. The van der Waals surface area contributed by atoms with E-state index in [-0.39, 0.29) is 23.0 Å². The zero-order valence-corrected chi connectivity index (χ0v) is 10.9. The lowest BCUT2D eigenvalue weighted by molar-refractivity contribution is 0.226. The van der Waals surface area contributed by atoms with Gasteiger partial charge >= 0.3 is 0 Å². The third-order valence-electron chi connectivity index (χ3n) is 2.57. The van der Waals surface area contributed by atoms with Gasteiger partial charge in [-0.15, -0.1) is 0 Å². The van der Waals surface area contributed by atoms with Crippen LogP contribution in [0.5, 0.6) is 5.75 Å². The molecule has 0 aliphatic heterocycles. The molecule has 1 aromatic rings. The Morgan fingerprint density at radius 2 is 1.71 bits per heavy atom. The Labute approximate surface area is 102 Å². The number of hydrogen-bond donors (Lipinski definition) is 2. The molecular weight excluding hydrogens is 240 g/mol. The van der Waals surface area contributed by atoms with Crippen LogP contribution in [0.3, 0.4) is 0 Å². The van der Waals surface area contributed by atoms with Gasteiger partial charge in [-0.05, 0) is 36.1 Å². The lowest BCUT2D eigenvalue weighted by Crippen LogP contribution is -2.25. The van der Waals surface area contributed by atoms with E-state index in [4.69, 9.17) is 10.2 Å². The molecule has 0 aromatic heterocycles. The SMILES string of the molecule is CC(C)(CCO)CS(=O)(=O)c1ccc(O)cc1. The minimum Gasteiger partial charge on any atom is -0.508 e. The molecule has 5 heteroatoms. The van der Waals surface area contributed by atoms with E-state index in [1.54, 1.807) is 13.8 Å². The molecular formula is C12H18O4S. The quantitative estimate of drug-likeness (QED) is 0.840. The van der Waals surface area contributed by atoms with Gasteiger partial charge in [-0.2, -0.15) is 0 Å². The molecule has 4 nitrogen and oxygen atoms in total. The van der Waals surface area contributed by atoms with Gasteiger partial charge in [-0.25, -0.2) is 8.42 Å². The largest absolute Gasteiger partial charge is 0.508 e. The van der Waals surface area contributed by atoms with Gasteiger partial charge in [0.15, 0.2) is 9.84 Å². The number of aliphatic hydroxyl groups excluding tert-OH is 1. The summed E-state index contributed by atoms with van der Waals surface area (Å²) in [5, 5.41) is 18.0. The molecule has 1 aromatic carbocycles. The van der Waals surface area contributed by atoms with E-state index in [0.29, 0.717) is 6.42 Å². The molecule has 0 amide bonds. The van der Waals surface area contributed by atoms with E-state index in [9.17, 15) is 8.42 Å². The smallest absolute Gasteiger partial charge is 0.178 e. The van der Waals surface area contributed by atoms with Gasteiger partial charge in [0.2, 0.25) is 0 Å². The van der Waals surface area contributed by atoms with Crippen LogP contribution in [0.1, 0.15) is 20.3 Å². The Balaban J connectivity index is 2.93. The number of aliphatic hydroxyl groups is 1. The van der Waals surface area contributed by atoms with E-state index in [2.05, 4.69) is 0 Å². The molecule has 0 fully saturated rings. The highest BCUT2D eigenvalue weighted by molar-refractivity contribution is 7.91. The standard InChI is InChI=1S/C12H18O4S/c1-12(2,7-8-13)9-17(15,16)11-5-3-10(14)4-6-11/h3-6,13-14H,7-9H2,1-2H3. The first-order chi connectivity index (χ1) is 7.77. The number of aromatic hydroxyl groups is 1. The summed E-state index contributed by atoms with van der Waals surface area (Å²) in [6.07, 6.45) is 0.435. The van der Waals surface area contributed by atoms with Gasteiger partial charge in [0.1, 0.15) is 5.75 Å². The van der Waals surface area contributed by atoms with Gasteiger partial charge in [0.05, 0.1) is 10.6 Å². The minimum atomic E-state index is -3.38. The van der Waals surface area contributed by atoms with E-state index in [0.717, 1.165) is 0 Å². The van der Waals surface area contributed by atoms with E-state index in [1.807, 2.05) is 0 Å². The van der Waals surface area contributed by atoms with Crippen LogP contribution in [0.15, 0.2) is 29.2 Å². The second-order valence-corrected chi connectivity index (χ2v) is 6.88. The third kappa shape index (κ3) is 4.02. The van der Waals surface area contributed by atoms with E-state index < -0.39 is 15.3 Å². The first kappa shape index (κ1) is 14.0. The summed E-state index contributed by atoms with van der Waals surface area (Å²) in [5.41, 5.74) is -0.467. The predicted octanol–water partition coefficient (Wildman–Crippen LogP) is 1.57. The summed E-state index contributed by atoms with van der Waals surface area (Å²) < 4.78 is 24.1.